The van der Waals surface area contributed by atoms with Crippen LogP contribution in [0, 0.1) is 0 Å². The molecule has 1 aromatic carbocycles. The normalized spacial score (nSPS) is 20.2. The molecule has 28 heavy (non-hydrogen) atoms. The van der Waals surface area contributed by atoms with Gasteiger partial charge in [-0.15, -0.1) is 0 Å². The fourth-order valence-corrected chi connectivity index (χ4v) is 4.84. The smallest absolute Gasteiger partial charge is 0.169 e. The van der Waals surface area contributed by atoms with E-state index in [2.05, 4.69) is 34.3 Å². The van der Waals surface area contributed by atoms with Crippen LogP contribution in [0.3, 0.4) is 0 Å². The Morgan fingerprint density at radius 2 is 1.64 bits per heavy atom. The summed E-state index contributed by atoms with van der Waals surface area (Å²) in [5.41, 5.74) is 1.29. The topological polar surface area (TPSA) is 27.7 Å². The summed E-state index contributed by atoms with van der Waals surface area (Å²) >= 11 is 5.97. The van der Waals surface area contributed by atoms with E-state index in [4.69, 9.17) is 17.0 Å². The highest BCUT2D eigenvalue weighted by Gasteiger charge is 2.26. The number of nitrogens with one attached hydrogen (secondary N) is 1. The van der Waals surface area contributed by atoms with Crippen LogP contribution in [-0.2, 0) is 6.54 Å². The van der Waals surface area contributed by atoms with E-state index in [9.17, 15) is 0 Å². The van der Waals surface area contributed by atoms with Crippen molar-refractivity contribution in [3.8, 4) is 5.75 Å². The number of hydrogen-bond donors (Lipinski definition) is 1. The molecule has 0 amide bonds. The first-order valence-electron chi connectivity index (χ1n) is 11.0. The number of thiocarbonyl (C=S) groups is 1. The number of piperidine rings is 1. The Hall–Kier alpha value is -1.33. The Bertz CT molecular complexity index is 590. The maximum Gasteiger partial charge on any atom is 0.169 e. The van der Waals surface area contributed by atoms with E-state index in [1.165, 1.54) is 63.4 Å². The van der Waals surface area contributed by atoms with Crippen molar-refractivity contribution in [1.82, 2.24) is 15.1 Å². The minimum Gasteiger partial charge on any atom is -0.497 e. The van der Waals surface area contributed by atoms with Gasteiger partial charge in [-0.3, -0.25) is 0 Å². The molecule has 1 N–H and O–H groups in total. The van der Waals surface area contributed by atoms with Crippen LogP contribution in [0.4, 0.5) is 0 Å². The first-order valence-corrected chi connectivity index (χ1v) is 11.4. The van der Waals surface area contributed by atoms with Gasteiger partial charge in [0.15, 0.2) is 5.11 Å². The minimum atomic E-state index is 0.520. The fraction of sp³-hybridized carbons (Fsp3) is 0.696. The lowest BCUT2D eigenvalue weighted by Gasteiger charge is -2.40. The first kappa shape index (κ1) is 21.4. The van der Waals surface area contributed by atoms with E-state index < -0.39 is 0 Å². The summed E-state index contributed by atoms with van der Waals surface area (Å²) in [5, 5.41) is 4.71. The van der Waals surface area contributed by atoms with E-state index in [0.717, 1.165) is 30.5 Å². The lowest BCUT2D eigenvalue weighted by Crippen LogP contribution is -2.51. The minimum absolute atomic E-state index is 0.520. The standard InChI is InChI=1S/C23H37N3OS/c1-25-16-14-21(15-17-25)26(18-19-10-12-22(27-2)13-11-19)23(28)24-20-8-6-4-3-5-7-9-20/h10-13,20-21H,3-9,14-18H2,1-2H3,(H,24,28). The molecule has 0 unspecified atom stereocenters. The van der Waals surface area contributed by atoms with Crippen LogP contribution < -0.4 is 10.1 Å². The van der Waals surface area contributed by atoms with Gasteiger partial charge in [0.05, 0.1) is 7.11 Å². The van der Waals surface area contributed by atoms with Crippen LogP contribution in [0.5, 0.6) is 5.75 Å². The van der Waals surface area contributed by atoms with Crippen LogP contribution in [0.2, 0.25) is 0 Å². The highest BCUT2D eigenvalue weighted by molar-refractivity contribution is 7.80. The Kier molecular flexibility index (Phi) is 8.41. The molecule has 1 aliphatic heterocycles. The predicted molar refractivity (Wildman–Crippen MR) is 121 cm³/mol. The first-order chi connectivity index (χ1) is 13.7. The predicted octanol–water partition coefficient (Wildman–Crippen LogP) is 4.58. The summed E-state index contributed by atoms with van der Waals surface area (Å²) in [6.45, 7) is 3.17. The third kappa shape index (κ3) is 6.35. The Labute approximate surface area is 176 Å². The number of likely N-dealkylation sites (tertiary alicyclic amines) is 1. The highest BCUT2D eigenvalue weighted by atomic mass is 32.1. The van der Waals surface area contributed by atoms with Gasteiger partial charge in [-0.1, -0.05) is 44.2 Å². The molecule has 3 rings (SSSR count). The SMILES string of the molecule is COc1ccc(CN(C(=S)NC2CCCCCCC2)C2CCN(C)CC2)cc1. The maximum atomic E-state index is 5.97. The molecule has 156 valence electrons. The lowest BCUT2D eigenvalue weighted by atomic mass is 9.97. The van der Waals surface area contributed by atoms with Gasteiger partial charge in [-0.25, -0.2) is 0 Å². The van der Waals surface area contributed by atoms with Crippen molar-refractivity contribution < 1.29 is 4.74 Å². The van der Waals surface area contributed by atoms with Crippen molar-refractivity contribution in [3.63, 3.8) is 0 Å². The van der Waals surface area contributed by atoms with Crippen molar-refractivity contribution in [2.24, 2.45) is 0 Å². The molecule has 0 atom stereocenters. The number of hydrogen-bond acceptors (Lipinski definition) is 3. The van der Waals surface area contributed by atoms with E-state index in [1.807, 2.05) is 12.1 Å². The number of ether oxygens (including phenoxy) is 1. The zero-order valence-corrected chi connectivity index (χ0v) is 18.5. The van der Waals surface area contributed by atoms with Crippen molar-refractivity contribution in [3.05, 3.63) is 29.8 Å². The maximum absolute atomic E-state index is 5.97. The summed E-state index contributed by atoms with van der Waals surface area (Å²) in [7, 11) is 3.93. The van der Waals surface area contributed by atoms with Gasteiger partial charge in [0.1, 0.15) is 5.75 Å². The summed E-state index contributed by atoms with van der Waals surface area (Å²) in [4.78, 5) is 4.89. The number of nitrogens with zero attached hydrogens (tertiary/aromatic N) is 2. The molecular formula is C23H37N3OS. The third-order valence-corrected chi connectivity index (χ3v) is 6.69. The molecule has 4 nitrogen and oxygen atoms in total. The van der Waals surface area contributed by atoms with Crippen molar-refractivity contribution in [1.29, 1.82) is 0 Å². The van der Waals surface area contributed by atoms with Crippen LogP contribution >= 0.6 is 12.2 Å². The average molecular weight is 404 g/mol. The molecule has 1 aliphatic carbocycles. The lowest BCUT2D eigenvalue weighted by molar-refractivity contribution is 0.169. The zero-order valence-electron chi connectivity index (χ0n) is 17.7. The van der Waals surface area contributed by atoms with E-state index in [1.54, 1.807) is 7.11 Å². The van der Waals surface area contributed by atoms with Gasteiger partial charge >= 0.3 is 0 Å². The van der Waals surface area contributed by atoms with E-state index in [0.29, 0.717) is 12.1 Å². The van der Waals surface area contributed by atoms with Gasteiger partial charge in [0, 0.05) is 18.6 Å². The third-order valence-electron chi connectivity index (χ3n) is 6.33. The second-order valence-corrected chi connectivity index (χ2v) is 8.89. The molecule has 0 bridgehead atoms. The average Bonchev–Trinajstić information content (AvgIpc) is 2.69. The van der Waals surface area contributed by atoms with Crippen LogP contribution in [0.15, 0.2) is 24.3 Å². The number of benzene rings is 1. The van der Waals surface area contributed by atoms with E-state index >= 15 is 0 Å². The highest BCUT2D eigenvalue weighted by Crippen LogP contribution is 2.22. The van der Waals surface area contributed by atoms with Gasteiger partial charge in [0.2, 0.25) is 0 Å². The molecule has 0 radical (unpaired) electrons. The van der Waals surface area contributed by atoms with Crippen LogP contribution in [0.1, 0.15) is 63.4 Å². The zero-order chi connectivity index (χ0) is 19.8. The molecule has 1 saturated heterocycles. The summed E-state index contributed by atoms with van der Waals surface area (Å²) in [6, 6.07) is 9.49. The van der Waals surface area contributed by atoms with Gasteiger partial charge in [0.25, 0.3) is 0 Å². The summed E-state index contributed by atoms with van der Waals surface area (Å²) in [5.74, 6) is 0.907. The van der Waals surface area contributed by atoms with E-state index in [-0.39, 0.29) is 0 Å². The molecule has 1 heterocycles. The fourth-order valence-electron chi connectivity index (χ4n) is 4.46. The van der Waals surface area contributed by atoms with Crippen molar-refractivity contribution in [2.45, 2.75) is 76.4 Å². The van der Waals surface area contributed by atoms with Gasteiger partial charge < -0.3 is 19.9 Å². The molecule has 1 aromatic rings. The Morgan fingerprint density at radius 1 is 1.04 bits per heavy atom. The Morgan fingerprint density at radius 3 is 2.25 bits per heavy atom. The molecule has 2 fully saturated rings. The largest absolute Gasteiger partial charge is 0.497 e. The van der Waals surface area contributed by atoms with Crippen LogP contribution in [0.25, 0.3) is 0 Å². The molecule has 0 spiro atoms. The Balaban J connectivity index is 1.67. The molecule has 0 aromatic heterocycles. The van der Waals surface area contributed by atoms with Gasteiger partial charge in [-0.2, -0.15) is 0 Å². The molecule has 1 saturated carbocycles. The van der Waals surface area contributed by atoms with Crippen molar-refractivity contribution in [2.75, 3.05) is 27.2 Å². The summed E-state index contributed by atoms with van der Waals surface area (Å²) in [6.07, 6.45) is 11.7. The monoisotopic (exact) mass is 403 g/mol. The second-order valence-electron chi connectivity index (χ2n) is 8.50. The molecule has 2 aliphatic rings. The second kappa shape index (κ2) is 11.0. The number of rotatable bonds is 5. The molecule has 5 heteroatoms. The van der Waals surface area contributed by atoms with Gasteiger partial charge in [-0.05, 0) is 75.7 Å². The number of methoxy groups -OCH3 is 1. The molecular weight excluding hydrogens is 366 g/mol. The van der Waals surface area contributed by atoms with Crippen LogP contribution in [-0.4, -0.2) is 54.2 Å². The van der Waals surface area contributed by atoms with Crippen molar-refractivity contribution >= 4 is 17.3 Å². The summed E-state index contributed by atoms with van der Waals surface area (Å²) < 4.78 is 5.32. The quantitative estimate of drug-likeness (QED) is 0.727.